The van der Waals surface area contributed by atoms with Crippen molar-refractivity contribution in [3.8, 4) is 0 Å². The molecule has 0 heterocycles. The van der Waals surface area contributed by atoms with Gasteiger partial charge in [0.25, 0.3) is 0 Å². The molecule has 0 fully saturated rings. The molecular weight excluding hydrogens is 248 g/mol. The van der Waals surface area contributed by atoms with Crippen LogP contribution >= 0.6 is 0 Å². The Hall–Kier alpha value is -0.380. The summed E-state index contributed by atoms with van der Waals surface area (Å²) in [6.45, 7) is 11.2. The van der Waals surface area contributed by atoms with E-state index in [1.54, 1.807) is 0 Å². The number of nitrogens with one attached hydrogen (secondary N) is 1. The second-order valence-corrected chi connectivity index (χ2v) is 6.21. The standard InChI is InChI=1S/C17H36N2O/c1-6-16(10-8-9-14(4)18)11-13(3)17(7-2)19-12-15(5)20/h11,14-17,19-20H,6-10,12,18H2,1-5H3/b13-11-. The summed E-state index contributed by atoms with van der Waals surface area (Å²) in [6, 6.07) is 0.695. The molecule has 0 spiro atoms. The van der Waals surface area contributed by atoms with Gasteiger partial charge in [0.2, 0.25) is 0 Å². The summed E-state index contributed by atoms with van der Waals surface area (Å²) in [7, 11) is 0. The van der Waals surface area contributed by atoms with E-state index >= 15 is 0 Å². The monoisotopic (exact) mass is 284 g/mol. The highest BCUT2D eigenvalue weighted by atomic mass is 16.3. The van der Waals surface area contributed by atoms with Crippen LogP contribution in [0.15, 0.2) is 11.6 Å². The second kappa shape index (κ2) is 11.3. The van der Waals surface area contributed by atoms with Crippen LogP contribution in [0, 0.1) is 5.92 Å². The van der Waals surface area contributed by atoms with E-state index in [0.717, 1.165) is 12.8 Å². The number of hydrogen-bond donors (Lipinski definition) is 3. The summed E-state index contributed by atoms with van der Waals surface area (Å²) in [6.07, 6.45) is 7.92. The number of nitrogens with two attached hydrogens (primary N) is 1. The lowest BCUT2D eigenvalue weighted by atomic mass is 9.93. The molecule has 3 nitrogen and oxygen atoms in total. The van der Waals surface area contributed by atoms with E-state index in [-0.39, 0.29) is 6.10 Å². The van der Waals surface area contributed by atoms with Crippen LogP contribution in [0.2, 0.25) is 0 Å². The lowest BCUT2D eigenvalue weighted by molar-refractivity contribution is 0.187. The fourth-order valence-electron chi connectivity index (χ4n) is 2.54. The van der Waals surface area contributed by atoms with Gasteiger partial charge in [-0.05, 0) is 52.4 Å². The molecule has 4 atom stereocenters. The second-order valence-electron chi connectivity index (χ2n) is 6.21. The fourth-order valence-corrected chi connectivity index (χ4v) is 2.54. The SMILES string of the molecule is CCC(/C=C(/C)C(CC)NCC(C)O)CCCC(C)N. The summed E-state index contributed by atoms with van der Waals surface area (Å²) in [5.41, 5.74) is 7.21. The van der Waals surface area contributed by atoms with Crippen LogP contribution < -0.4 is 11.1 Å². The fraction of sp³-hybridized carbons (Fsp3) is 0.882. The maximum Gasteiger partial charge on any atom is 0.0636 e. The molecule has 120 valence electrons. The molecule has 0 aliphatic heterocycles. The highest BCUT2D eigenvalue weighted by molar-refractivity contribution is 5.09. The van der Waals surface area contributed by atoms with Crippen molar-refractivity contribution in [2.45, 2.75) is 84.9 Å². The first-order chi connectivity index (χ1) is 9.40. The molecule has 3 heteroatoms. The van der Waals surface area contributed by atoms with Crippen molar-refractivity contribution in [1.29, 1.82) is 0 Å². The summed E-state index contributed by atoms with van der Waals surface area (Å²) in [5, 5.41) is 12.8. The highest BCUT2D eigenvalue weighted by Crippen LogP contribution is 2.18. The first-order valence-corrected chi connectivity index (χ1v) is 8.25. The molecule has 0 rings (SSSR count). The third kappa shape index (κ3) is 9.51. The lowest BCUT2D eigenvalue weighted by Gasteiger charge is -2.21. The van der Waals surface area contributed by atoms with Crippen LogP contribution in [-0.2, 0) is 0 Å². The number of aliphatic hydroxyl groups excluding tert-OH is 1. The van der Waals surface area contributed by atoms with Gasteiger partial charge < -0.3 is 16.2 Å². The van der Waals surface area contributed by atoms with Crippen LogP contribution in [0.3, 0.4) is 0 Å². The minimum absolute atomic E-state index is 0.287. The van der Waals surface area contributed by atoms with Crippen molar-refractivity contribution < 1.29 is 5.11 Å². The smallest absolute Gasteiger partial charge is 0.0636 e. The molecular formula is C17H36N2O. The molecule has 0 bridgehead atoms. The number of aliphatic hydroxyl groups is 1. The zero-order valence-corrected chi connectivity index (χ0v) is 14.2. The first-order valence-electron chi connectivity index (χ1n) is 8.25. The summed E-state index contributed by atoms with van der Waals surface area (Å²) >= 11 is 0. The Kier molecular flexibility index (Phi) is 11.1. The quantitative estimate of drug-likeness (QED) is 0.511. The van der Waals surface area contributed by atoms with Crippen molar-refractivity contribution in [2.24, 2.45) is 11.7 Å². The van der Waals surface area contributed by atoms with Crippen molar-refractivity contribution in [3.05, 3.63) is 11.6 Å². The Morgan fingerprint density at radius 2 is 1.85 bits per heavy atom. The molecule has 0 saturated heterocycles. The summed E-state index contributed by atoms with van der Waals surface area (Å²) in [4.78, 5) is 0. The van der Waals surface area contributed by atoms with E-state index in [9.17, 15) is 5.11 Å². The van der Waals surface area contributed by atoms with E-state index in [2.05, 4.69) is 39.1 Å². The van der Waals surface area contributed by atoms with E-state index < -0.39 is 0 Å². The number of rotatable bonds is 11. The van der Waals surface area contributed by atoms with Crippen LogP contribution in [0.5, 0.6) is 0 Å². The summed E-state index contributed by atoms with van der Waals surface area (Å²) in [5.74, 6) is 0.649. The van der Waals surface area contributed by atoms with Gasteiger partial charge in [-0.2, -0.15) is 0 Å². The largest absolute Gasteiger partial charge is 0.392 e. The molecule has 4 N–H and O–H groups in total. The Labute approximate surface area is 126 Å². The maximum atomic E-state index is 9.38. The lowest BCUT2D eigenvalue weighted by Crippen LogP contribution is -2.35. The Morgan fingerprint density at radius 1 is 1.20 bits per heavy atom. The Morgan fingerprint density at radius 3 is 2.30 bits per heavy atom. The van der Waals surface area contributed by atoms with E-state index in [4.69, 9.17) is 5.73 Å². The third-order valence-corrected chi connectivity index (χ3v) is 3.87. The normalized spacial score (nSPS) is 18.6. The Bertz CT molecular complexity index is 262. The molecule has 0 saturated carbocycles. The molecule has 0 aliphatic rings. The van der Waals surface area contributed by atoms with Crippen LogP contribution in [0.4, 0.5) is 0 Å². The molecule has 0 radical (unpaired) electrons. The van der Waals surface area contributed by atoms with E-state index in [1.165, 1.54) is 24.8 Å². The number of hydrogen-bond acceptors (Lipinski definition) is 3. The van der Waals surface area contributed by atoms with Crippen molar-refractivity contribution in [3.63, 3.8) is 0 Å². The average Bonchev–Trinajstić information content (AvgIpc) is 2.37. The zero-order valence-electron chi connectivity index (χ0n) is 14.2. The van der Waals surface area contributed by atoms with E-state index in [1.807, 2.05) is 6.92 Å². The number of allylic oxidation sites excluding steroid dienone is 1. The van der Waals surface area contributed by atoms with Crippen molar-refractivity contribution in [2.75, 3.05) is 6.54 Å². The van der Waals surface area contributed by atoms with Gasteiger partial charge in [-0.3, -0.25) is 0 Å². The predicted molar refractivity (Wildman–Crippen MR) is 88.8 cm³/mol. The van der Waals surface area contributed by atoms with Gasteiger partial charge in [0.05, 0.1) is 6.10 Å². The van der Waals surface area contributed by atoms with Gasteiger partial charge >= 0.3 is 0 Å². The van der Waals surface area contributed by atoms with Gasteiger partial charge in [0.1, 0.15) is 0 Å². The molecule has 20 heavy (non-hydrogen) atoms. The van der Waals surface area contributed by atoms with E-state index in [0.29, 0.717) is 24.5 Å². The third-order valence-electron chi connectivity index (χ3n) is 3.87. The van der Waals surface area contributed by atoms with Gasteiger partial charge in [0, 0.05) is 18.6 Å². The van der Waals surface area contributed by atoms with Gasteiger partial charge in [-0.15, -0.1) is 0 Å². The van der Waals surface area contributed by atoms with Crippen LogP contribution in [0.25, 0.3) is 0 Å². The summed E-state index contributed by atoms with van der Waals surface area (Å²) < 4.78 is 0. The predicted octanol–water partition coefficient (Wildman–Crippen LogP) is 3.23. The van der Waals surface area contributed by atoms with Crippen molar-refractivity contribution >= 4 is 0 Å². The topological polar surface area (TPSA) is 58.3 Å². The minimum Gasteiger partial charge on any atom is -0.392 e. The van der Waals surface area contributed by atoms with Crippen molar-refractivity contribution in [1.82, 2.24) is 5.32 Å². The average molecular weight is 284 g/mol. The zero-order chi connectivity index (χ0) is 15.5. The van der Waals surface area contributed by atoms with Gasteiger partial charge in [0.15, 0.2) is 0 Å². The van der Waals surface area contributed by atoms with Gasteiger partial charge in [-0.25, -0.2) is 0 Å². The molecule has 0 aromatic carbocycles. The Balaban J connectivity index is 4.37. The van der Waals surface area contributed by atoms with Crippen LogP contribution in [-0.4, -0.2) is 29.8 Å². The van der Waals surface area contributed by atoms with Gasteiger partial charge in [-0.1, -0.05) is 31.9 Å². The maximum absolute atomic E-state index is 9.38. The van der Waals surface area contributed by atoms with Crippen LogP contribution in [0.1, 0.15) is 66.7 Å². The minimum atomic E-state index is -0.287. The molecule has 4 unspecified atom stereocenters. The highest BCUT2D eigenvalue weighted by Gasteiger charge is 2.11. The first kappa shape index (κ1) is 19.6. The molecule has 0 aromatic rings. The molecule has 0 aliphatic carbocycles. The molecule has 0 amide bonds. The molecule has 0 aromatic heterocycles.